The molecule has 1 aromatic carbocycles. The first-order valence-corrected chi connectivity index (χ1v) is 8.17. The third kappa shape index (κ3) is 3.99. The van der Waals surface area contributed by atoms with Crippen LogP contribution in [0.5, 0.6) is 0 Å². The maximum atomic E-state index is 6.10. The lowest BCUT2D eigenvalue weighted by Crippen LogP contribution is -2.39. The Kier molecular flexibility index (Phi) is 5.32. The summed E-state index contributed by atoms with van der Waals surface area (Å²) in [5.74, 6) is 0. The molecule has 1 fully saturated rings. The van der Waals surface area contributed by atoms with Crippen LogP contribution in [-0.4, -0.2) is 36.1 Å². The minimum Gasteiger partial charge on any atom is -0.371 e. The third-order valence-corrected chi connectivity index (χ3v) is 4.62. The Balaban J connectivity index is 1.60. The van der Waals surface area contributed by atoms with E-state index in [-0.39, 0.29) is 6.10 Å². The van der Waals surface area contributed by atoms with Crippen LogP contribution in [0.1, 0.15) is 17.4 Å². The van der Waals surface area contributed by atoms with Crippen LogP contribution in [0.4, 0.5) is 0 Å². The molecule has 1 saturated heterocycles. The highest BCUT2D eigenvalue weighted by molar-refractivity contribution is 6.42. The number of pyridine rings is 1. The van der Waals surface area contributed by atoms with E-state index in [4.69, 9.17) is 27.9 Å². The number of hydrogen-bond donors (Lipinski definition) is 0. The molecule has 0 bridgehead atoms. The van der Waals surface area contributed by atoms with Gasteiger partial charge in [0.2, 0.25) is 0 Å². The first-order chi connectivity index (χ1) is 10.7. The van der Waals surface area contributed by atoms with E-state index in [1.54, 1.807) is 0 Å². The van der Waals surface area contributed by atoms with Crippen molar-refractivity contribution in [2.24, 2.45) is 0 Å². The van der Waals surface area contributed by atoms with E-state index < -0.39 is 0 Å². The fraction of sp³-hybridized carbons (Fsp3) is 0.353. The summed E-state index contributed by atoms with van der Waals surface area (Å²) in [7, 11) is 0. The predicted octanol–water partition coefficient (Wildman–Crippen LogP) is 4.00. The maximum absolute atomic E-state index is 6.10. The molecule has 1 aliphatic heterocycles. The molecule has 3 rings (SSSR count). The lowest BCUT2D eigenvalue weighted by molar-refractivity contribution is -0.0296. The normalized spacial score (nSPS) is 19.3. The van der Waals surface area contributed by atoms with Crippen molar-refractivity contribution in [2.45, 2.75) is 12.5 Å². The van der Waals surface area contributed by atoms with Crippen LogP contribution < -0.4 is 0 Å². The topological polar surface area (TPSA) is 25.4 Å². The Hall–Kier alpha value is -1.13. The quantitative estimate of drug-likeness (QED) is 0.843. The van der Waals surface area contributed by atoms with Gasteiger partial charge in [-0.15, -0.1) is 0 Å². The molecule has 2 aromatic rings. The molecule has 5 heteroatoms. The molecule has 0 aliphatic carbocycles. The van der Waals surface area contributed by atoms with Gasteiger partial charge in [0, 0.05) is 37.9 Å². The van der Waals surface area contributed by atoms with Gasteiger partial charge in [0.25, 0.3) is 0 Å². The Morgan fingerprint density at radius 3 is 2.86 bits per heavy atom. The van der Waals surface area contributed by atoms with Crippen molar-refractivity contribution in [3.8, 4) is 0 Å². The van der Waals surface area contributed by atoms with Crippen molar-refractivity contribution >= 4 is 23.2 Å². The molecular formula is C17H18Cl2N2O. The zero-order valence-corrected chi connectivity index (χ0v) is 13.7. The first-order valence-electron chi connectivity index (χ1n) is 7.41. The Labute approximate surface area is 140 Å². The molecule has 3 nitrogen and oxygen atoms in total. The fourth-order valence-electron chi connectivity index (χ4n) is 2.64. The van der Waals surface area contributed by atoms with Crippen LogP contribution in [0.3, 0.4) is 0 Å². The molecule has 0 radical (unpaired) electrons. The van der Waals surface area contributed by atoms with Gasteiger partial charge in [-0.3, -0.25) is 9.88 Å². The molecule has 2 heterocycles. The highest BCUT2D eigenvalue weighted by Gasteiger charge is 2.22. The largest absolute Gasteiger partial charge is 0.371 e. The summed E-state index contributed by atoms with van der Waals surface area (Å²) in [4.78, 5) is 6.78. The van der Waals surface area contributed by atoms with Crippen molar-refractivity contribution in [2.75, 3.05) is 26.2 Å². The average Bonchev–Trinajstić information content (AvgIpc) is 2.57. The molecule has 0 amide bonds. The summed E-state index contributed by atoms with van der Waals surface area (Å²) < 4.78 is 5.88. The van der Waals surface area contributed by atoms with E-state index in [9.17, 15) is 0 Å². The Morgan fingerprint density at radius 2 is 2.09 bits per heavy atom. The summed E-state index contributed by atoms with van der Waals surface area (Å²) in [5, 5.41) is 1.15. The molecule has 22 heavy (non-hydrogen) atoms. The van der Waals surface area contributed by atoms with Gasteiger partial charge >= 0.3 is 0 Å². The van der Waals surface area contributed by atoms with Crippen LogP contribution in [0.2, 0.25) is 10.0 Å². The minimum absolute atomic E-state index is 0.0484. The lowest BCUT2D eigenvalue weighted by atomic mass is 10.1. The van der Waals surface area contributed by atoms with Gasteiger partial charge in [-0.2, -0.15) is 0 Å². The third-order valence-electron chi connectivity index (χ3n) is 3.88. The van der Waals surface area contributed by atoms with Gasteiger partial charge in [0.15, 0.2) is 0 Å². The average molecular weight is 337 g/mol. The number of morpholine rings is 1. The van der Waals surface area contributed by atoms with Crippen LogP contribution in [0.25, 0.3) is 0 Å². The van der Waals surface area contributed by atoms with E-state index in [0.717, 1.165) is 43.9 Å². The van der Waals surface area contributed by atoms with Crippen molar-refractivity contribution in [1.29, 1.82) is 0 Å². The summed E-state index contributed by atoms with van der Waals surface area (Å²) in [6.07, 6.45) is 2.84. The molecule has 1 aliphatic rings. The maximum Gasteiger partial charge on any atom is 0.0952 e. The van der Waals surface area contributed by atoms with Crippen molar-refractivity contribution in [3.63, 3.8) is 0 Å². The fourth-order valence-corrected chi connectivity index (χ4v) is 2.95. The molecular weight excluding hydrogens is 319 g/mol. The van der Waals surface area contributed by atoms with Gasteiger partial charge in [-0.05, 0) is 29.8 Å². The molecule has 0 spiro atoms. The molecule has 116 valence electrons. The molecule has 1 aromatic heterocycles. The minimum atomic E-state index is 0.0484. The number of nitrogens with zero attached hydrogens (tertiary/aromatic N) is 2. The van der Waals surface area contributed by atoms with Gasteiger partial charge in [-0.1, -0.05) is 35.3 Å². The summed E-state index contributed by atoms with van der Waals surface area (Å²) >= 11 is 12.1. The lowest BCUT2D eigenvalue weighted by Gasteiger charge is -2.33. The van der Waals surface area contributed by atoms with Crippen LogP contribution in [0, 0.1) is 0 Å². The van der Waals surface area contributed by atoms with Gasteiger partial charge in [-0.25, -0.2) is 0 Å². The van der Waals surface area contributed by atoms with Gasteiger partial charge < -0.3 is 4.74 Å². The van der Waals surface area contributed by atoms with Crippen LogP contribution >= 0.6 is 23.2 Å². The Morgan fingerprint density at radius 1 is 1.18 bits per heavy atom. The van der Waals surface area contributed by atoms with Crippen LogP contribution in [0.15, 0.2) is 42.6 Å². The molecule has 0 N–H and O–H groups in total. The van der Waals surface area contributed by atoms with E-state index in [1.807, 2.05) is 36.5 Å². The molecule has 0 saturated carbocycles. The smallest absolute Gasteiger partial charge is 0.0952 e. The number of benzene rings is 1. The van der Waals surface area contributed by atoms with Crippen LogP contribution in [-0.2, 0) is 11.2 Å². The van der Waals surface area contributed by atoms with Crippen molar-refractivity contribution in [1.82, 2.24) is 9.88 Å². The second-order valence-electron chi connectivity index (χ2n) is 5.40. The highest BCUT2D eigenvalue weighted by atomic mass is 35.5. The number of rotatable bonds is 4. The van der Waals surface area contributed by atoms with Gasteiger partial charge in [0.05, 0.1) is 22.8 Å². The van der Waals surface area contributed by atoms with E-state index in [1.165, 1.54) is 0 Å². The second kappa shape index (κ2) is 7.42. The number of ether oxygens (including phenoxy) is 1. The second-order valence-corrected chi connectivity index (χ2v) is 6.22. The highest BCUT2D eigenvalue weighted by Crippen LogP contribution is 2.29. The summed E-state index contributed by atoms with van der Waals surface area (Å²) in [5.41, 5.74) is 2.21. The van der Waals surface area contributed by atoms with E-state index in [2.05, 4.69) is 16.0 Å². The van der Waals surface area contributed by atoms with E-state index >= 15 is 0 Å². The summed E-state index contributed by atoms with van der Waals surface area (Å²) in [6.45, 7) is 3.53. The number of aromatic nitrogens is 1. The zero-order chi connectivity index (χ0) is 15.4. The molecule has 1 atom stereocenters. The number of hydrogen-bond acceptors (Lipinski definition) is 3. The summed E-state index contributed by atoms with van der Waals surface area (Å²) in [6, 6.07) is 11.8. The number of halogens is 2. The molecule has 0 unspecified atom stereocenters. The monoisotopic (exact) mass is 336 g/mol. The SMILES string of the molecule is Clc1ccc([C@H]2CN(CCc3ccccn3)CCO2)cc1Cl. The van der Waals surface area contributed by atoms with Crippen molar-refractivity contribution < 1.29 is 4.74 Å². The zero-order valence-electron chi connectivity index (χ0n) is 12.2. The first kappa shape index (κ1) is 15.8. The standard InChI is InChI=1S/C17H18Cl2N2O/c18-15-5-4-13(11-16(15)19)17-12-21(9-10-22-17)8-6-14-3-1-2-7-20-14/h1-5,7,11,17H,6,8-10,12H2/t17-/m1/s1. The Bertz CT molecular complexity index is 621. The van der Waals surface area contributed by atoms with Gasteiger partial charge in [0.1, 0.15) is 0 Å². The predicted molar refractivity (Wildman–Crippen MR) is 89.5 cm³/mol. The van der Waals surface area contributed by atoms with Crippen molar-refractivity contribution in [3.05, 3.63) is 63.9 Å². The van der Waals surface area contributed by atoms with E-state index in [0.29, 0.717) is 10.0 Å².